The van der Waals surface area contributed by atoms with E-state index >= 15 is 0 Å². The van der Waals surface area contributed by atoms with Gasteiger partial charge in [-0.15, -0.1) is 0 Å². The number of hydrogen-bond acceptors (Lipinski definition) is 3. The summed E-state index contributed by atoms with van der Waals surface area (Å²) in [6, 6.07) is 0. The molecule has 2 rings (SSSR count). The summed E-state index contributed by atoms with van der Waals surface area (Å²) >= 11 is 0. The molecule has 0 radical (unpaired) electrons. The predicted octanol–water partition coefficient (Wildman–Crippen LogP) is 0.752. The van der Waals surface area contributed by atoms with E-state index in [9.17, 15) is 4.79 Å². The lowest BCUT2D eigenvalue weighted by Crippen LogP contribution is -2.31. The molecule has 0 aliphatic heterocycles. The Balaban J connectivity index is 1.66. The van der Waals surface area contributed by atoms with Crippen molar-refractivity contribution < 1.29 is 0 Å². The van der Waals surface area contributed by atoms with Gasteiger partial charge in [-0.25, -0.2) is 9.48 Å². The molecule has 0 amide bonds. The molecular weight excluding hydrogens is 216 g/mol. The number of nitrogens with zero attached hydrogens (tertiary/aromatic N) is 3. The third-order valence-electron chi connectivity index (χ3n) is 3.54. The molecule has 0 aromatic carbocycles. The minimum absolute atomic E-state index is 0.0375. The number of nitrogens with one attached hydrogen (secondary N) is 1. The summed E-state index contributed by atoms with van der Waals surface area (Å²) in [7, 11) is 1.72. The van der Waals surface area contributed by atoms with Gasteiger partial charge in [0.1, 0.15) is 6.33 Å². The van der Waals surface area contributed by atoms with Crippen molar-refractivity contribution in [3.8, 4) is 0 Å². The summed E-state index contributed by atoms with van der Waals surface area (Å²) < 4.78 is 3.01. The van der Waals surface area contributed by atoms with Crippen molar-refractivity contribution in [1.29, 1.82) is 0 Å². The topological polar surface area (TPSA) is 51.9 Å². The average molecular weight is 238 g/mol. The molecule has 17 heavy (non-hydrogen) atoms. The van der Waals surface area contributed by atoms with Gasteiger partial charge in [0.05, 0.1) is 6.54 Å². The lowest BCUT2D eigenvalue weighted by Gasteiger charge is -2.21. The van der Waals surface area contributed by atoms with E-state index in [-0.39, 0.29) is 5.69 Å². The third-order valence-corrected chi connectivity index (χ3v) is 3.54. The summed E-state index contributed by atoms with van der Waals surface area (Å²) in [6.07, 6.45) is 8.44. The summed E-state index contributed by atoms with van der Waals surface area (Å²) in [5.74, 6) is 0.837. The second kappa shape index (κ2) is 6.00. The van der Waals surface area contributed by atoms with E-state index in [4.69, 9.17) is 0 Å². The number of aromatic nitrogens is 3. The van der Waals surface area contributed by atoms with Crippen LogP contribution in [-0.2, 0) is 13.6 Å². The molecule has 0 spiro atoms. The minimum Gasteiger partial charge on any atom is -0.315 e. The van der Waals surface area contributed by atoms with E-state index in [2.05, 4.69) is 10.4 Å². The van der Waals surface area contributed by atoms with Crippen LogP contribution in [0.5, 0.6) is 0 Å². The average Bonchev–Trinajstić information content (AvgIpc) is 2.67. The van der Waals surface area contributed by atoms with Gasteiger partial charge in [0, 0.05) is 13.6 Å². The first-order valence-corrected chi connectivity index (χ1v) is 6.56. The van der Waals surface area contributed by atoms with Gasteiger partial charge in [0.25, 0.3) is 0 Å². The highest BCUT2D eigenvalue weighted by atomic mass is 16.2. The van der Waals surface area contributed by atoms with Crippen molar-refractivity contribution in [1.82, 2.24) is 19.7 Å². The van der Waals surface area contributed by atoms with Gasteiger partial charge in [-0.3, -0.25) is 4.57 Å². The molecule has 1 aliphatic rings. The molecular formula is C12H22N4O. The zero-order chi connectivity index (χ0) is 12.1. The second-order valence-corrected chi connectivity index (χ2v) is 4.96. The predicted molar refractivity (Wildman–Crippen MR) is 66.9 cm³/mol. The molecule has 5 heteroatoms. The van der Waals surface area contributed by atoms with Gasteiger partial charge < -0.3 is 5.32 Å². The molecule has 0 saturated heterocycles. The Hall–Kier alpha value is -1.10. The summed E-state index contributed by atoms with van der Waals surface area (Å²) in [6.45, 7) is 2.57. The normalized spacial score (nSPS) is 17.5. The molecule has 0 bridgehead atoms. The maximum absolute atomic E-state index is 11.5. The van der Waals surface area contributed by atoms with E-state index in [1.807, 2.05) is 0 Å². The molecule has 1 aromatic heterocycles. The summed E-state index contributed by atoms with van der Waals surface area (Å²) in [5.41, 5.74) is -0.0375. The molecule has 0 unspecified atom stereocenters. The van der Waals surface area contributed by atoms with Crippen molar-refractivity contribution in [2.75, 3.05) is 13.1 Å². The second-order valence-electron chi connectivity index (χ2n) is 4.96. The molecule has 1 saturated carbocycles. The van der Waals surface area contributed by atoms with Crippen LogP contribution in [0.1, 0.15) is 32.1 Å². The Morgan fingerprint density at radius 2 is 2.18 bits per heavy atom. The lowest BCUT2D eigenvalue weighted by atomic mass is 9.89. The maximum Gasteiger partial charge on any atom is 0.345 e. The van der Waals surface area contributed by atoms with Crippen molar-refractivity contribution in [2.45, 2.75) is 38.6 Å². The molecule has 1 N–H and O–H groups in total. The van der Waals surface area contributed by atoms with Crippen molar-refractivity contribution >= 4 is 0 Å². The van der Waals surface area contributed by atoms with Crippen molar-refractivity contribution in [3.63, 3.8) is 0 Å². The van der Waals surface area contributed by atoms with E-state index in [1.54, 1.807) is 13.4 Å². The van der Waals surface area contributed by atoms with Gasteiger partial charge in [0.15, 0.2) is 0 Å². The van der Waals surface area contributed by atoms with Crippen LogP contribution in [0.4, 0.5) is 0 Å². The summed E-state index contributed by atoms with van der Waals surface area (Å²) in [4.78, 5) is 11.5. The number of aryl methyl sites for hydroxylation is 1. The number of hydrogen-bond donors (Lipinski definition) is 1. The largest absolute Gasteiger partial charge is 0.345 e. The molecule has 1 fully saturated rings. The fourth-order valence-electron chi connectivity index (χ4n) is 2.46. The Morgan fingerprint density at radius 1 is 1.41 bits per heavy atom. The minimum atomic E-state index is -0.0375. The highest BCUT2D eigenvalue weighted by Crippen LogP contribution is 2.22. The van der Waals surface area contributed by atoms with E-state index in [0.717, 1.165) is 19.0 Å². The van der Waals surface area contributed by atoms with Gasteiger partial charge in [-0.05, 0) is 25.3 Å². The molecule has 1 heterocycles. The fourth-order valence-corrected chi connectivity index (χ4v) is 2.46. The van der Waals surface area contributed by atoms with Gasteiger partial charge in [-0.1, -0.05) is 19.3 Å². The van der Waals surface area contributed by atoms with Crippen LogP contribution >= 0.6 is 0 Å². The van der Waals surface area contributed by atoms with E-state index < -0.39 is 0 Å². The van der Waals surface area contributed by atoms with Gasteiger partial charge in [0.2, 0.25) is 0 Å². The van der Waals surface area contributed by atoms with Crippen molar-refractivity contribution in [3.05, 3.63) is 16.8 Å². The van der Waals surface area contributed by atoms with Crippen LogP contribution < -0.4 is 11.0 Å². The van der Waals surface area contributed by atoms with Crippen LogP contribution in [-0.4, -0.2) is 27.4 Å². The SMILES string of the molecule is Cn1cnn(CCNCC2CCCCC2)c1=O. The molecule has 96 valence electrons. The van der Waals surface area contributed by atoms with Crippen LogP contribution in [0.2, 0.25) is 0 Å². The van der Waals surface area contributed by atoms with E-state index in [1.165, 1.54) is 41.4 Å². The Bertz CT molecular complexity index is 389. The molecule has 1 aromatic rings. The van der Waals surface area contributed by atoms with Crippen LogP contribution in [0, 0.1) is 5.92 Å². The Morgan fingerprint density at radius 3 is 2.82 bits per heavy atom. The monoisotopic (exact) mass is 238 g/mol. The highest BCUT2D eigenvalue weighted by Gasteiger charge is 2.12. The first kappa shape index (κ1) is 12.4. The standard InChI is InChI=1S/C12H22N4O/c1-15-10-14-16(12(15)17)8-7-13-9-11-5-3-2-4-6-11/h10-11,13H,2-9H2,1H3. The quantitative estimate of drug-likeness (QED) is 0.770. The zero-order valence-corrected chi connectivity index (χ0v) is 10.6. The Labute approximate surface area is 102 Å². The van der Waals surface area contributed by atoms with E-state index in [0.29, 0.717) is 6.54 Å². The number of rotatable bonds is 5. The van der Waals surface area contributed by atoms with Gasteiger partial charge >= 0.3 is 5.69 Å². The maximum atomic E-state index is 11.5. The summed E-state index contributed by atoms with van der Waals surface area (Å²) in [5, 5.41) is 7.46. The third kappa shape index (κ3) is 3.43. The highest BCUT2D eigenvalue weighted by molar-refractivity contribution is 4.69. The lowest BCUT2D eigenvalue weighted by molar-refractivity contribution is 0.339. The van der Waals surface area contributed by atoms with Crippen LogP contribution in [0.25, 0.3) is 0 Å². The van der Waals surface area contributed by atoms with Gasteiger partial charge in [-0.2, -0.15) is 5.10 Å². The first-order chi connectivity index (χ1) is 8.27. The zero-order valence-electron chi connectivity index (χ0n) is 10.6. The van der Waals surface area contributed by atoms with Crippen molar-refractivity contribution in [2.24, 2.45) is 13.0 Å². The van der Waals surface area contributed by atoms with Crippen LogP contribution in [0.3, 0.4) is 0 Å². The molecule has 5 nitrogen and oxygen atoms in total. The smallest absolute Gasteiger partial charge is 0.315 e. The fraction of sp³-hybridized carbons (Fsp3) is 0.833. The molecule has 1 aliphatic carbocycles. The molecule has 0 atom stereocenters. The first-order valence-electron chi connectivity index (χ1n) is 6.56. The van der Waals surface area contributed by atoms with Crippen LogP contribution in [0.15, 0.2) is 11.1 Å². The Kier molecular flexibility index (Phi) is 4.36.